The number of aryl methyl sites for hydroxylation is 2. The molecule has 1 aliphatic carbocycles. The van der Waals surface area contributed by atoms with Crippen molar-refractivity contribution in [1.82, 2.24) is 20.2 Å². The average molecular weight is 474 g/mol. The maximum Gasteiger partial charge on any atom is 0.296 e. The summed E-state index contributed by atoms with van der Waals surface area (Å²) in [5.74, 6) is -0.890. The van der Waals surface area contributed by atoms with Gasteiger partial charge in [0.25, 0.3) is 11.1 Å². The van der Waals surface area contributed by atoms with Crippen molar-refractivity contribution in [3.63, 3.8) is 0 Å². The van der Waals surface area contributed by atoms with Crippen LogP contribution in [0.15, 0.2) is 18.5 Å². The van der Waals surface area contributed by atoms with E-state index in [0.29, 0.717) is 22.9 Å². The van der Waals surface area contributed by atoms with Crippen molar-refractivity contribution in [2.75, 3.05) is 12.4 Å². The van der Waals surface area contributed by atoms with Crippen molar-refractivity contribution in [3.8, 4) is 22.1 Å². The standard InChI is InChI=1S/C22H24FN5O4S/c1-11-7-15(18-17(31-3)10-25-12(2)19(18)23)16(9-24-11)20(30)26-21-27-28-22(33-21)32-14-6-4-5-13(29)8-14/h7,9-10,13-14,29H,4-6,8H2,1-3H3,(H,26,27,30)/t13-,14-/m0/s1. The Balaban J connectivity index is 1.58. The predicted octanol–water partition coefficient (Wildman–Crippen LogP) is 3.69. The molecule has 0 bridgehead atoms. The number of nitrogens with zero attached hydrogens (tertiary/aromatic N) is 4. The van der Waals surface area contributed by atoms with Crippen LogP contribution in [0.3, 0.4) is 0 Å². The van der Waals surface area contributed by atoms with Crippen molar-refractivity contribution < 1.29 is 23.8 Å². The number of pyridine rings is 2. The van der Waals surface area contributed by atoms with Gasteiger partial charge in [0.1, 0.15) is 11.9 Å². The Morgan fingerprint density at radius 1 is 1.24 bits per heavy atom. The second kappa shape index (κ2) is 9.75. The van der Waals surface area contributed by atoms with E-state index >= 15 is 4.39 Å². The molecule has 0 saturated heterocycles. The molecule has 9 nitrogen and oxygen atoms in total. The van der Waals surface area contributed by atoms with Crippen LogP contribution in [0.4, 0.5) is 9.52 Å². The van der Waals surface area contributed by atoms with Gasteiger partial charge in [0.15, 0.2) is 5.82 Å². The van der Waals surface area contributed by atoms with E-state index in [-0.39, 0.29) is 39.9 Å². The highest BCUT2D eigenvalue weighted by Crippen LogP contribution is 2.36. The van der Waals surface area contributed by atoms with E-state index in [1.54, 1.807) is 19.9 Å². The summed E-state index contributed by atoms with van der Waals surface area (Å²) >= 11 is 1.08. The van der Waals surface area contributed by atoms with Crippen LogP contribution >= 0.6 is 11.3 Å². The lowest BCUT2D eigenvalue weighted by Gasteiger charge is -2.25. The second-order valence-electron chi connectivity index (χ2n) is 7.86. The Kier molecular flexibility index (Phi) is 6.80. The van der Waals surface area contributed by atoms with Crippen molar-refractivity contribution in [2.24, 2.45) is 0 Å². The quantitative estimate of drug-likeness (QED) is 0.556. The first-order valence-corrected chi connectivity index (χ1v) is 11.3. The van der Waals surface area contributed by atoms with Gasteiger partial charge in [-0.1, -0.05) is 5.10 Å². The van der Waals surface area contributed by atoms with Crippen LogP contribution < -0.4 is 14.8 Å². The largest absolute Gasteiger partial charge is 0.494 e. The molecule has 1 saturated carbocycles. The van der Waals surface area contributed by atoms with Gasteiger partial charge in [-0.05, 0) is 50.5 Å². The molecule has 11 heteroatoms. The molecule has 1 fully saturated rings. The molecule has 0 spiro atoms. The Morgan fingerprint density at radius 2 is 2.06 bits per heavy atom. The molecule has 4 rings (SSSR count). The van der Waals surface area contributed by atoms with Crippen LogP contribution in [0.25, 0.3) is 11.1 Å². The summed E-state index contributed by atoms with van der Waals surface area (Å²) in [6, 6.07) is 1.62. The lowest BCUT2D eigenvalue weighted by atomic mass is 9.95. The van der Waals surface area contributed by atoms with E-state index in [2.05, 4.69) is 25.5 Å². The molecule has 33 heavy (non-hydrogen) atoms. The highest BCUT2D eigenvalue weighted by Gasteiger charge is 2.25. The molecule has 0 aromatic carbocycles. The third kappa shape index (κ3) is 5.09. The molecule has 1 amide bonds. The highest BCUT2D eigenvalue weighted by molar-refractivity contribution is 7.17. The van der Waals surface area contributed by atoms with Crippen molar-refractivity contribution in [3.05, 3.63) is 41.2 Å². The number of carbonyl (C=O) groups excluding carboxylic acids is 1. The van der Waals surface area contributed by atoms with E-state index in [1.807, 2.05) is 0 Å². The normalized spacial score (nSPS) is 18.1. The lowest BCUT2D eigenvalue weighted by Crippen LogP contribution is -2.28. The molecule has 0 radical (unpaired) electrons. The van der Waals surface area contributed by atoms with Crippen LogP contribution in [0.2, 0.25) is 0 Å². The van der Waals surface area contributed by atoms with Gasteiger partial charge in [0, 0.05) is 23.9 Å². The SMILES string of the molecule is COc1cnc(C)c(F)c1-c1cc(C)ncc1C(=O)Nc1nnc(O[C@H]2CCC[C@H](O)C2)s1. The Morgan fingerprint density at radius 3 is 2.82 bits per heavy atom. The highest BCUT2D eigenvalue weighted by atomic mass is 32.1. The number of anilines is 1. The number of aliphatic hydroxyl groups is 1. The number of hydrogen-bond donors (Lipinski definition) is 2. The van der Waals surface area contributed by atoms with E-state index in [0.717, 1.165) is 30.6 Å². The summed E-state index contributed by atoms with van der Waals surface area (Å²) in [7, 11) is 1.41. The minimum Gasteiger partial charge on any atom is -0.494 e. The molecule has 2 N–H and O–H groups in total. The number of aromatic nitrogens is 4. The zero-order valence-electron chi connectivity index (χ0n) is 18.5. The summed E-state index contributed by atoms with van der Waals surface area (Å²) in [5.41, 5.74) is 1.41. The second-order valence-corrected chi connectivity index (χ2v) is 8.80. The van der Waals surface area contributed by atoms with Crippen LogP contribution in [0.5, 0.6) is 10.9 Å². The minimum atomic E-state index is -0.574. The number of ether oxygens (including phenoxy) is 2. The molecule has 3 aromatic heterocycles. The van der Waals surface area contributed by atoms with Gasteiger partial charge in [-0.3, -0.25) is 20.1 Å². The Bertz CT molecular complexity index is 1170. The van der Waals surface area contributed by atoms with Crippen LogP contribution in [-0.2, 0) is 0 Å². The minimum absolute atomic E-state index is 0.136. The van der Waals surface area contributed by atoms with Crippen molar-refractivity contribution in [1.29, 1.82) is 0 Å². The fraction of sp³-hybridized carbons (Fsp3) is 0.409. The zero-order valence-corrected chi connectivity index (χ0v) is 19.3. The molecule has 3 aromatic rings. The number of halogens is 1. The third-order valence-corrected chi connectivity index (χ3v) is 6.16. The number of methoxy groups -OCH3 is 1. The predicted molar refractivity (Wildman–Crippen MR) is 120 cm³/mol. The number of nitrogens with one attached hydrogen (secondary N) is 1. The van der Waals surface area contributed by atoms with Crippen LogP contribution in [-0.4, -0.2) is 50.5 Å². The summed E-state index contributed by atoms with van der Waals surface area (Å²) in [6.45, 7) is 3.29. The maximum atomic E-state index is 15.0. The zero-order chi connectivity index (χ0) is 23.5. The summed E-state index contributed by atoms with van der Waals surface area (Å²) in [6.07, 6.45) is 5.31. The monoisotopic (exact) mass is 473 g/mol. The summed E-state index contributed by atoms with van der Waals surface area (Å²) in [4.78, 5) is 21.3. The van der Waals surface area contributed by atoms with Gasteiger partial charge in [0.2, 0.25) is 5.13 Å². The fourth-order valence-corrected chi connectivity index (χ4v) is 4.42. The number of amides is 1. The number of rotatable bonds is 6. The van der Waals surface area contributed by atoms with E-state index in [4.69, 9.17) is 9.47 Å². The first kappa shape index (κ1) is 23.0. The number of aliphatic hydroxyl groups excluding tert-OH is 1. The van der Waals surface area contributed by atoms with Crippen molar-refractivity contribution in [2.45, 2.75) is 51.7 Å². The average Bonchev–Trinajstić information content (AvgIpc) is 3.21. The summed E-state index contributed by atoms with van der Waals surface area (Å²) < 4.78 is 26.2. The van der Waals surface area contributed by atoms with Crippen LogP contribution in [0.1, 0.15) is 47.4 Å². The van der Waals surface area contributed by atoms with Gasteiger partial charge in [0.05, 0.1) is 36.2 Å². The van der Waals surface area contributed by atoms with E-state index < -0.39 is 11.7 Å². The molecular formula is C22H24FN5O4S. The lowest BCUT2D eigenvalue weighted by molar-refractivity contribution is 0.0531. The van der Waals surface area contributed by atoms with Gasteiger partial charge in [-0.25, -0.2) is 4.39 Å². The van der Waals surface area contributed by atoms with Gasteiger partial charge >= 0.3 is 0 Å². The molecule has 1 aliphatic rings. The maximum absolute atomic E-state index is 15.0. The Hall–Kier alpha value is -3.18. The Labute approximate surface area is 194 Å². The van der Waals surface area contributed by atoms with E-state index in [1.165, 1.54) is 19.5 Å². The van der Waals surface area contributed by atoms with Crippen molar-refractivity contribution >= 4 is 22.4 Å². The summed E-state index contributed by atoms with van der Waals surface area (Å²) in [5, 5.41) is 21.0. The molecular weight excluding hydrogens is 449 g/mol. The van der Waals surface area contributed by atoms with Gasteiger partial charge in [-0.15, -0.1) is 5.10 Å². The topological polar surface area (TPSA) is 119 Å². The van der Waals surface area contributed by atoms with E-state index in [9.17, 15) is 9.90 Å². The molecule has 3 heterocycles. The third-order valence-electron chi connectivity index (χ3n) is 5.43. The molecule has 0 unspecified atom stereocenters. The first-order valence-electron chi connectivity index (χ1n) is 10.5. The van der Waals surface area contributed by atoms with Gasteiger partial charge in [-0.2, -0.15) is 0 Å². The number of hydrogen-bond acceptors (Lipinski definition) is 9. The van der Waals surface area contributed by atoms with Gasteiger partial charge < -0.3 is 14.6 Å². The van der Waals surface area contributed by atoms with Crippen LogP contribution in [0, 0.1) is 19.7 Å². The fourth-order valence-electron chi connectivity index (χ4n) is 3.76. The molecule has 2 atom stereocenters. The molecule has 0 aliphatic heterocycles. The smallest absolute Gasteiger partial charge is 0.296 e. The molecule has 174 valence electrons. The first-order chi connectivity index (χ1) is 15.9. The number of carbonyl (C=O) groups is 1.